The molecule has 0 heterocycles. The Bertz CT molecular complexity index is 1080. The van der Waals surface area contributed by atoms with Crippen molar-refractivity contribution < 1.29 is 14.7 Å². The van der Waals surface area contributed by atoms with E-state index < -0.39 is 12.0 Å². The van der Waals surface area contributed by atoms with Crippen LogP contribution in [0.25, 0.3) is 11.1 Å². The van der Waals surface area contributed by atoms with Crippen molar-refractivity contribution in [1.29, 1.82) is 0 Å². The van der Waals surface area contributed by atoms with E-state index in [-0.39, 0.29) is 18.4 Å². The molecule has 0 bridgehead atoms. The molecule has 1 unspecified atom stereocenters. The largest absolute Gasteiger partial charge is 0.480 e. The number of carbonyl (C=O) groups excluding carboxylic acids is 1. The van der Waals surface area contributed by atoms with Crippen molar-refractivity contribution in [3.05, 3.63) is 95.6 Å². The first-order valence-electron chi connectivity index (χ1n) is 11.5. The van der Waals surface area contributed by atoms with Crippen molar-refractivity contribution in [2.75, 3.05) is 0 Å². The van der Waals surface area contributed by atoms with Crippen LogP contribution in [0.2, 0.25) is 0 Å². The number of nitrogens with two attached hydrogens (primary N) is 1. The third-order valence-electron chi connectivity index (χ3n) is 6.52. The van der Waals surface area contributed by atoms with E-state index in [4.69, 9.17) is 10.8 Å². The van der Waals surface area contributed by atoms with E-state index in [9.17, 15) is 9.59 Å². The molecule has 1 amide bonds. The lowest BCUT2D eigenvalue weighted by atomic mass is 9.79. The number of carboxylic acid groups (broad SMARTS) is 1. The Kier molecular flexibility index (Phi) is 7.20. The van der Waals surface area contributed by atoms with Crippen LogP contribution in [0, 0.1) is 0 Å². The predicted octanol–water partition coefficient (Wildman–Crippen LogP) is 4.76. The number of nitrogens with one attached hydrogen (secondary N) is 1. The molecule has 0 aliphatic heterocycles. The zero-order valence-corrected chi connectivity index (χ0v) is 18.6. The number of carbonyl (C=O) groups is 2. The van der Waals surface area contributed by atoms with Crippen LogP contribution in [0.3, 0.4) is 0 Å². The highest BCUT2D eigenvalue weighted by molar-refractivity contribution is 5.94. The van der Waals surface area contributed by atoms with E-state index in [0.29, 0.717) is 11.5 Å². The molecule has 4 rings (SSSR count). The maximum absolute atomic E-state index is 12.9. The first-order chi connectivity index (χ1) is 16.0. The van der Waals surface area contributed by atoms with Gasteiger partial charge in [0.15, 0.2) is 0 Å². The van der Waals surface area contributed by atoms with Crippen LogP contribution in [0.15, 0.2) is 78.9 Å². The molecular weight excluding hydrogens is 412 g/mol. The quantitative estimate of drug-likeness (QED) is 0.492. The Labute approximate surface area is 194 Å². The van der Waals surface area contributed by atoms with E-state index in [1.165, 1.54) is 16.7 Å². The lowest BCUT2D eigenvalue weighted by molar-refractivity contribution is -0.138. The van der Waals surface area contributed by atoms with Gasteiger partial charge in [-0.2, -0.15) is 0 Å². The molecule has 0 saturated heterocycles. The van der Waals surface area contributed by atoms with Gasteiger partial charge in [-0.15, -0.1) is 0 Å². The first-order valence-corrected chi connectivity index (χ1v) is 11.5. The van der Waals surface area contributed by atoms with Crippen molar-refractivity contribution in [3.63, 3.8) is 0 Å². The summed E-state index contributed by atoms with van der Waals surface area (Å²) in [4.78, 5) is 23.9. The average Bonchev–Trinajstić information content (AvgIpc) is 2.85. The summed E-state index contributed by atoms with van der Waals surface area (Å²) in [5.74, 6) is -0.834. The van der Waals surface area contributed by atoms with Crippen LogP contribution < -0.4 is 11.1 Å². The summed E-state index contributed by atoms with van der Waals surface area (Å²) in [7, 11) is 0. The number of benzene rings is 3. The fourth-order valence-corrected chi connectivity index (χ4v) is 4.64. The van der Waals surface area contributed by atoms with Gasteiger partial charge in [-0.1, -0.05) is 79.6 Å². The zero-order valence-electron chi connectivity index (χ0n) is 18.6. The van der Waals surface area contributed by atoms with E-state index in [2.05, 4.69) is 41.7 Å². The summed E-state index contributed by atoms with van der Waals surface area (Å²) in [6, 6.07) is 25.2. The second-order valence-corrected chi connectivity index (χ2v) is 8.80. The highest BCUT2D eigenvalue weighted by Crippen LogP contribution is 2.34. The molecule has 5 heteroatoms. The van der Waals surface area contributed by atoms with Gasteiger partial charge in [-0.25, -0.2) is 0 Å². The van der Waals surface area contributed by atoms with Gasteiger partial charge in [0.1, 0.15) is 6.04 Å². The van der Waals surface area contributed by atoms with Gasteiger partial charge < -0.3 is 16.2 Å². The Morgan fingerprint density at radius 2 is 1.52 bits per heavy atom. The highest BCUT2D eigenvalue weighted by atomic mass is 16.4. The van der Waals surface area contributed by atoms with Gasteiger partial charge in [0, 0.05) is 17.5 Å². The maximum atomic E-state index is 12.9. The summed E-state index contributed by atoms with van der Waals surface area (Å²) in [6.45, 7) is 0. The van der Waals surface area contributed by atoms with Gasteiger partial charge in [0.2, 0.25) is 0 Å². The fourth-order valence-electron chi connectivity index (χ4n) is 4.64. The molecule has 0 aromatic heterocycles. The van der Waals surface area contributed by atoms with Crippen LogP contribution in [-0.4, -0.2) is 29.1 Å². The van der Waals surface area contributed by atoms with Crippen LogP contribution in [-0.2, 0) is 11.2 Å². The van der Waals surface area contributed by atoms with Crippen LogP contribution in [0.4, 0.5) is 0 Å². The Morgan fingerprint density at radius 3 is 2.18 bits per heavy atom. The molecule has 0 spiro atoms. The van der Waals surface area contributed by atoms with E-state index in [1.54, 1.807) is 24.3 Å². The van der Waals surface area contributed by atoms with Crippen molar-refractivity contribution in [2.24, 2.45) is 5.73 Å². The summed E-state index contributed by atoms with van der Waals surface area (Å²) in [6.07, 6.45) is 4.52. The molecule has 3 aromatic rings. The lowest BCUT2D eigenvalue weighted by Crippen LogP contribution is -2.41. The molecule has 1 fully saturated rings. The van der Waals surface area contributed by atoms with Gasteiger partial charge in [0.05, 0.1) is 0 Å². The molecule has 1 saturated carbocycles. The lowest BCUT2D eigenvalue weighted by Gasteiger charge is -2.32. The summed E-state index contributed by atoms with van der Waals surface area (Å²) in [5.41, 5.74) is 10.6. The normalized spacial score (nSPS) is 18.9. The van der Waals surface area contributed by atoms with Gasteiger partial charge >= 0.3 is 5.97 Å². The molecule has 3 aromatic carbocycles. The summed E-state index contributed by atoms with van der Waals surface area (Å²) >= 11 is 0. The molecule has 33 heavy (non-hydrogen) atoms. The summed E-state index contributed by atoms with van der Waals surface area (Å²) in [5, 5.41) is 12.2. The summed E-state index contributed by atoms with van der Waals surface area (Å²) < 4.78 is 0. The second kappa shape index (κ2) is 10.5. The second-order valence-electron chi connectivity index (χ2n) is 8.80. The molecule has 0 radical (unpaired) electrons. The molecular formula is C28H30N2O3. The fraction of sp³-hybridized carbons (Fsp3) is 0.286. The zero-order chi connectivity index (χ0) is 23.2. The van der Waals surface area contributed by atoms with Gasteiger partial charge in [-0.05, 0) is 53.6 Å². The van der Waals surface area contributed by atoms with Crippen LogP contribution >= 0.6 is 0 Å². The topological polar surface area (TPSA) is 92.4 Å². The van der Waals surface area contributed by atoms with Crippen molar-refractivity contribution in [1.82, 2.24) is 5.32 Å². The minimum absolute atomic E-state index is 0.0916. The first kappa shape index (κ1) is 22.7. The van der Waals surface area contributed by atoms with Crippen LogP contribution in [0.5, 0.6) is 0 Å². The number of aliphatic carboxylic acids is 1. The molecule has 3 atom stereocenters. The number of hydrogen-bond acceptors (Lipinski definition) is 3. The smallest absolute Gasteiger partial charge is 0.320 e. The SMILES string of the molecule is N[C@@H](Cc1ccc(C(=O)N[C@H]2CCCCC2c2ccc(-c3ccccc3)cc2)cc1)C(=O)O. The third-order valence-corrected chi connectivity index (χ3v) is 6.52. The molecule has 1 aliphatic rings. The number of hydrogen-bond donors (Lipinski definition) is 3. The van der Waals surface area contributed by atoms with Gasteiger partial charge in [0.25, 0.3) is 5.91 Å². The minimum atomic E-state index is -1.03. The molecule has 5 nitrogen and oxygen atoms in total. The maximum Gasteiger partial charge on any atom is 0.320 e. The molecule has 170 valence electrons. The number of rotatable bonds is 7. The standard InChI is InChI=1S/C28H30N2O3/c29-25(28(32)33)18-19-10-12-23(13-11-19)27(31)30-26-9-5-4-8-24(26)22-16-14-21(15-17-22)20-6-2-1-3-7-20/h1-3,6-7,10-17,24-26H,4-5,8-9,18,29H2,(H,30,31)(H,32,33)/t24?,25-,26-/m0/s1. The highest BCUT2D eigenvalue weighted by Gasteiger charge is 2.28. The van der Waals surface area contributed by atoms with Crippen LogP contribution in [0.1, 0.15) is 53.1 Å². The molecule has 4 N–H and O–H groups in total. The average molecular weight is 443 g/mol. The van der Waals surface area contributed by atoms with E-state index >= 15 is 0 Å². The van der Waals surface area contributed by atoms with E-state index in [0.717, 1.165) is 31.2 Å². The number of carboxylic acids is 1. The van der Waals surface area contributed by atoms with Gasteiger partial charge in [-0.3, -0.25) is 9.59 Å². The monoisotopic (exact) mass is 442 g/mol. The Balaban J connectivity index is 1.43. The minimum Gasteiger partial charge on any atom is -0.480 e. The predicted molar refractivity (Wildman–Crippen MR) is 130 cm³/mol. The number of amides is 1. The Hall–Kier alpha value is -3.44. The third kappa shape index (κ3) is 5.68. The Morgan fingerprint density at radius 1 is 0.879 bits per heavy atom. The van der Waals surface area contributed by atoms with E-state index in [1.807, 2.05) is 18.2 Å². The molecule has 1 aliphatic carbocycles. The van der Waals surface area contributed by atoms with Crippen molar-refractivity contribution >= 4 is 11.9 Å². The van der Waals surface area contributed by atoms with Crippen molar-refractivity contribution in [3.8, 4) is 11.1 Å². The van der Waals surface area contributed by atoms with Crippen molar-refractivity contribution in [2.45, 2.75) is 50.1 Å².